The van der Waals surface area contributed by atoms with Gasteiger partial charge in [0, 0.05) is 34.0 Å². The standard InChI is InChI=1S/C17H18ClN3O2S/c1-10(2)17(22)19-6-12-3-11-4-14(18)16(5-15(11)21-12)23-7-13-8-24-9-20-13/h3-5,8-10,21H,6-7H2,1-2H3,(H,19,22). The topological polar surface area (TPSA) is 67.0 Å². The van der Waals surface area contributed by atoms with E-state index in [1.807, 2.05) is 37.4 Å². The first-order chi connectivity index (χ1) is 11.5. The van der Waals surface area contributed by atoms with Gasteiger partial charge in [-0.2, -0.15) is 0 Å². The third-order valence-corrected chi connectivity index (χ3v) is 4.50. The normalized spacial score (nSPS) is 11.2. The lowest BCUT2D eigenvalue weighted by atomic mass is 10.2. The fourth-order valence-corrected chi connectivity index (χ4v) is 3.02. The quantitative estimate of drug-likeness (QED) is 0.692. The second kappa shape index (κ2) is 7.23. The molecule has 3 aromatic rings. The van der Waals surface area contributed by atoms with Crippen LogP contribution in [-0.4, -0.2) is 15.9 Å². The maximum Gasteiger partial charge on any atom is 0.222 e. The van der Waals surface area contributed by atoms with E-state index in [1.165, 1.54) is 11.3 Å². The number of aromatic amines is 1. The van der Waals surface area contributed by atoms with Crippen LogP contribution < -0.4 is 10.1 Å². The highest BCUT2D eigenvalue weighted by atomic mass is 35.5. The van der Waals surface area contributed by atoms with Gasteiger partial charge >= 0.3 is 0 Å². The van der Waals surface area contributed by atoms with Crippen LogP contribution in [0.5, 0.6) is 5.75 Å². The summed E-state index contributed by atoms with van der Waals surface area (Å²) in [5, 5.41) is 6.36. The van der Waals surface area contributed by atoms with E-state index < -0.39 is 0 Å². The average Bonchev–Trinajstić information content (AvgIpc) is 3.19. The Morgan fingerprint density at radius 2 is 2.25 bits per heavy atom. The van der Waals surface area contributed by atoms with Crippen molar-refractivity contribution < 1.29 is 9.53 Å². The average molecular weight is 364 g/mol. The van der Waals surface area contributed by atoms with Crippen LogP contribution in [0.2, 0.25) is 5.02 Å². The van der Waals surface area contributed by atoms with Gasteiger partial charge in [-0.25, -0.2) is 4.98 Å². The molecule has 5 nitrogen and oxygen atoms in total. The zero-order valence-corrected chi connectivity index (χ0v) is 15.0. The van der Waals surface area contributed by atoms with E-state index in [9.17, 15) is 4.79 Å². The molecule has 2 aromatic heterocycles. The third-order valence-electron chi connectivity index (χ3n) is 3.57. The highest BCUT2D eigenvalue weighted by molar-refractivity contribution is 7.07. The van der Waals surface area contributed by atoms with Crippen LogP contribution in [0.3, 0.4) is 0 Å². The lowest BCUT2D eigenvalue weighted by Gasteiger charge is -2.06. The number of carbonyl (C=O) groups excluding carboxylic acids is 1. The first-order valence-corrected chi connectivity index (χ1v) is 8.93. The molecule has 0 radical (unpaired) electrons. The monoisotopic (exact) mass is 363 g/mol. The molecule has 2 N–H and O–H groups in total. The van der Waals surface area contributed by atoms with Crippen molar-refractivity contribution in [2.24, 2.45) is 5.92 Å². The van der Waals surface area contributed by atoms with Gasteiger partial charge < -0.3 is 15.0 Å². The number of hydrogen-bond donors (Lipinski definition) is 2. The Balaban J connectivity index is 1.73. The summed E-state index contributed by atoms with van der Waals surface area (Å²) in [7, 11) is 0. The first kappa shape index (κ1) is 16.8. The van der Waals surface area contributed by atoms with Crippen LogP contribution in [0.1, 0.15) is 25.2 Å². The number of nitrogens with one attached hydrogen (secondary N) is 2. The summed E-state index contributed by atoms with van der Waals surface area (Å²) in [4.78, 5) is 19.1. The molecule has 0 aliphatic heterocycles. The van der Waals surface area contributed by atoms with Gasteiger partial charge in [-0.15, -0.1) is 11.3 Å². The molecule has 0 aliphatic carbocycles. The predicted octanol–water partition coefficient (Wildman–Crippen LogP) is 4.13. The van der Waals surface area contributed by atoms with Crippen LogP contribution in [0.4, 0.5) is 0 Å². The number of H-pyrrole nitrogens is 1. The number of ether oxygens (including phenoxy) is 1. The van der Waals surface area contributed by atoms with Crippen LogP contribution >= 0.6 is 22.9 Å². The number of rotatable bonds is 6. The molecule has 24 heavy (non-hydrogen) atoms. The van der Waals surface area contributed by atoms with Crippen LogP contribution in [0.15, 0.2) is 29.1 Å². The summed E-state index contributed by atoms with van der Waals surface area (Å²) in [5.41, 5.74) is 4.49. The lowest BCUT2D eigenvalue weighted by Crippen LogP contribution is -2.27. The molecule has 0 saturated heterocycles. The Hall–Kier alpha value is -2.05. The smallest absolute Gasteiger partial charge is 0.222 e. The van der Waals surface area contributed by atoms with Crippen molar-refractivity contribution in [3.05, 3.63) is 45.5 Å². The number of aromatic nitrogens is 2. The second-order valence-corrected chi connectivity index (χ2v) is 6.93. The number of fused-ring (bicyclic) bond motifs is 1. The number of thiazole rings is 1. The minimum atomic E-state index is -0.0328. The van der Waals surface area contributed by atoms with Gasteiger partial charge in [0.2, 0.25) is 5.91 Å². The maximum atomic E-state index is 11.7. The second-order valence-electron chi connectivity index (χ2n) is 5.81. The molecule has 1 amide bonds. The van der Waals surface area contributed by atoms with Crippen LogP contribution in [0.25, 0.3) is 10.9 Å². The molecule has 0 atom stereocenters. The lowest BCUT2D eigenvalue weighted by molar-refractivity contribution is -0.124. The molecule has 0 saturated carbocycles. The van der Waals surface area contributed by atoms with Crippen LogP contribution in [-0.2, 0) is 17.9 Å². The summed E-state index contributed by atoms with van der Waals surface area (Å²) >= 11 is 7.83. The van der Waals surface area contributed by atoms with Crippen molar-refractivity contribution in [3.8, 4) is 5.75 Å². The molecule has 7 heteroatoms. The molecule has 3 rings (SSSR count). The van der Waals surface area contributed by atoms with E-state index in [0.717, 1.165) is 22.3 Å². The van der Waals surface area contributed by atoms with Gasteiger partial charge in [0.15, 0.2) is 0 Å². The van der Waals surface area contributed by atoms with Crippen molar-refractivity contribution in [2.75, 3.05) is 0 Å². The van der Waals surface area contributed by atoms with Gasteiger partial charge in [-0.3, -0.25) is 4.79 Å². The predicted molar refractivity (Wildman–Crippen MR) is 96.4 cm³/mol. The van der Waals surface area contributed by atoms with E-state index in [-0.39, 0.29) is 11.8 Å². The minimum Gasteiger partial charge on any atom is -0.486 e. The molecule has 1 aromatic carbocycles. The third kappa shape index (κ3) is 3.88. The Morgan fingerprint density at radius 3 is 2.96 bits per heavy atom. The Kier molecular flexibility index (Phi) is 5.06. The molecular weight excluding hydrogens is 346 g/mol. The van der Waals surface area contributed by atoms with Gasteiger partial charge in [-0.1, -0.05) is 25.4 Å². The molecule has 0 spiro atoms. The minimum absolute atomic E-state index is 0.0268. The fourth-order valence-electron chi connectivity index (χ4n) is 2.25. The zero-order valence-electron chi connectivity index (χ0n) is 13.4. The number of carbonyl (C=O) groups is 1. The molecule has 0 unspecified atom stereocenters. The van der Waals surface area contributed by atoms with E-state index in [0.29, 0.717) is 23.9 Å². The number of amides is 1. The van der Waals surface area contributed by atoms with Crippen molar-refractivity contribution in [1.82, 2.24) is 15.3 Å². The highest BCUT2D eigenvalue weighted by Crippen LogP contribution is 2.31. The summed E-state index contributed by atoms with van der Waals surface area (Å²) in [6.07, 6.45) is 0. The SMILES string of the molecule is CC(C)C(=O)NCc1cc2cc(Cl)c(OCc3cscn3)cc2[nH]1. The fraction of sp³-hybridized carbons (Fsp3) is 0.294. The number of hydrogen-bond acceptors (Lipinski definition) is 4. The molecule has 126 valence electrons. The summed E-state index contributed by atoms with van der Waals surface area (Å²) in [6.45, 7) is 4.57. The number of halogens is 1. The number of nitrogens with zero attached hydrogens (tertiary/aromatic N) is 1. The molecule has 2 heterocycles. The summed E-state index contributed by atoms with van der Waals surface area (Å²) in [6, 6.07) is 5.71. The van der Waals surface area contributed by atoms with Gasteiger partial charge in [0.25, 0.3) is 0 Å². The highest BCUT2D eigenvalue weighted by Gasteiger charge is 2.10. The van der Waals surface area contributed by atoms with Gasteiger partial charge in [-0.05, 0) is 12.1 Å². The van der Waals surface area contributed by atoms with Crippen molar-refractivity contribution >= 4 is 39.7 Å². The van der Waals surface area contributed by atoms with Crippen LogP contribution in [0, 0.1) is 5.92 Å². The van der Waals surface area contributed by atoms with Crippen molar-refractivity contribution in [1.29, 1.82) is 0 Å². The first-order valence-electron chi connectivity index (χ1n) is 7.61. The van der Waals surface area contributed by atoms with Crippen molar-refractivity contribution in [3.63, 3.8) is 0 Å². The van der Waals surface area contributed by atoms with E-state index in [4.69, 9.17) is 16.3 Å². The largest absolute Gasteiger partial charge is 0.486 e. The summed E-state index contributed by atoms with van der Waals surface area (Å²) in [5.74, 6) is 0.602. The van der Waals surface area contributed by atoms with Gasteiger partial charge in [0.1, 0.15) is 12.4 Å². The summed E-state index contributed by atoms with van der Waals surface area (Å²) < 4.78 is 5.75. The van der Waals surface area contributed by atoms with E-state index >= 15 is 0 Å². The maximum absolute atomic E-state index is 11.7. The molecular formula is C17H18ClN3O2S. The van der Waals surface area contributed by atoms with Crippen molar-refractivity contribution in [2.45, 2.75) is 27.0 Å². The Bertz CT molecular complexity index is 843. The molecule has 0 aliphatic rings. The molecule has 0 bridgehead atoms. The van der Waals surface area contributed by atoms with E-state index in [1.54, 1.807) is 5.51 Å². The van der Waals surface area contributed by atoms with E-state index in [2.05, 4.69) is 15.3 Å². The number of benzene rings is 1. The van der Waals surface area contributed by atoms with Gasteiger partial charge in [0.05, 0.1) is 22.8 Å². The Labute approximate surface area is 149 Å². The Morgan fingerprint density at radius 1 is 1.42 bits per heavy atom. The zero-order chi connectivity index (χ0) is 17.1. The molecule has 0 fully saturated rings.